The van der Waals surface area contributed by atoms with E-state index in [-0.39, 0.29) is 42.4 Å². The number of fused-ring (bicyclic) bond motifs is 1. The van der Waals surface area contributed by atoms with Crippen molar-refractivity contribution in [1.82, 2.24) is 25.0 Å². The van der Waals surface area contributed by atoms with E-state index < -0.39 is 37.2 Å². The van der Waals surface area contributed by atoms with Crippen molar-refractivity contribution < 1.29 is 39.5 Å². The van der Waals surface area contributed by atoms with Gasteiger partial charge in [-0.25, -0.2) is 4.98 Å². The van der Waals surface area contributed by atoms with Crippen molar-refractivity contribution in [3.8, 4) is 39.8 Å². The number of halogens is 1. The fourth-order valence-electron chi connectivity index (χ4n) is 6.60. The van der Waals surface area contributed by atoms with Crippen LogP contribution in [0.3, 0.4) is 0 Å². The minimum absolute atomic E-state index is 0.0123. The predicted molar refractivity (Wildman–Crippen MR) is 222 cm³/mol. The van der Waals surface area contributed by atoms with Gasteiger partial charge in [0.05, 0.1) is 29.4 Å². The third-order valence-electron chi connectivity index (χ3n) is 10.0. The smallest absolute Gasteiger partial charge is 0.323 e. The first-order chi connectivity index (χ1) is 28.9. The number of ether oxygens (including phenoxy) is 2. The zero-order valence-corrected chi connectivity index (χ0v) is 33.3. The Morgan fingerprint density at radius 3 is 2.13 bits per heavy atom. The fraction of sp³-hybridized carbons (Fsp3) is 0.227. The first-order valence-electron chi connectivity index (χ1n) is 18.7. The second kappa shape index (κ2) is 19.4. The molecular weight excluding hydrogens is 792 g/mol. The van der Waals surface area contributed by atoms with Gasteiger partial charge in [0.1, 0.15) is 48.5 Å². The molecule has 0 unspecified atom stereocenters. The normalized spacial score (nSPS) is 12.1. The third kappa shape index (κ3) is 9.78. The molecule has 6 aromatic rings. The number of aliphatic hydroxyl groups is 2. The number of aliphatic carboxylic acids is 2. The number of rotatable bonds is 18. The summed E-state index contributed by atoms with van der Waals surface area (Å²) in [5.74, 6) is -1.77. The van der Waals surface area contributed by atoms with Crippen LogP contribution in [0.2, 0.25) is 5.02 Å². The number of carboxylic acid groups (broad SMARTS) is 2. The summed E-state index contributed by atoms with van der Waals surface area (Å²) in [6.45, 7) is 2.92. The number of pyridine rings is 2. The van der Waals surface area contributed by atoms with E-state index in [0.29, 0.717) is 33.8 Å². The number of carboxylic acids is 2. The minimum atomic E-state index is -1.23. The molecule has 3 aromatic carbocycles. The summed E-state index contributed by atoms with van der Waals surface area (Å²) >= 11 is 6.72. The molecule has 3 heterocycles. The first-order valence-corrected chi connectivity index (χ1v) is 19.0. The molecule has 15 nitrogen and oxygen atoms in total. The molecule has 0 spiro atoms. The molecule has 0 aliphatic heterocycles. The maximum absolute atomic E-state index is 13.2. The van der Waals surface area contributed by atoms with Gasteiger partial charge in [0.25, 0.3) is 5.56 Å². The van der Waals surface area contributed by atoms with E-state index in [0.717, 1.165) is 38.9 Å². The zero-order chi connectivity index (χ0) is 42.9. The summed E-state index contributed by atoms with van der Waals surface area (Å²) in [7, 11) is 0. The number of nitrogens with one attached hydrogen (secondary N) is 2. The molecule has 0 bridgehead atoms. The zero-order valence-electron chi connectivity index (χ0n) is 32.6. The maximum atomic E-state index is 13.2. The van der Waals surface area contributed by atoms with Gasteiger partial charge in [0, 0.05) is 55.1 Å². The predicted octanol–water partition coefficient (Wildman–Crippen LogP) is 4.79. The molecule has 0 saturated carbocycles. The van der Waals surface area contributed by atoms with Crippen LogP contribution in [0.5, 0.6) is 11.5 Å². The number of hydrogen-bond acceptors (Lipinski definition) is 12. The van der Waals surface area contributed by atoms with E-state index in [2.05, 4.69) is 20.6 Å². The Morgan fingerprint density at radius 2 is 1.45 bits per heavy atom. The molecule has 6 N–H and O–H groups in total. The fourth-order valence-corrected chi connectivity index (χ4v) is 6.84. The highest BCUT2D eigenvalue weighted by Crippen LogP contribution is 2.37. The lowest BCUT2D eigenvalue weighted by molar-refractivity contribution is -0.141. The molecule has 16 heteroatoms. The maximum Gasteiger partial charge on any atom is 0.323 e. The third-order valence-corrected chi connectivity index (χ3v) is 10.3. The van der Waals surface area contributed by atoms with Crippen molar-refractivity contribution in [2.75, 3.05) is 13.2 Å². The van der Waals surface area contributed by atoms with Crippen molar-refractivity contribution in [1.29, 1.82) is 5.26 Å². The van der Waals surface area contributed by atoms with Crippen LogP contribution in [-0.2, 0) is 35.9 Å². The highest BCUT2D eigenvalue weighted by Gasteiger charge is 2.20. The molecule has 3 aromatic heterocycles. The molecule has 308 valence electrons. The van der Waals surface area contributed by atoms with Crippen molar-refractivity contribution in [3.63, 3.8) is 0 Å². The lowest BCUT2D eigenvalue weighted by Crippen LogP contribution is -2.40. The topological polar surface area (TPSA) is 229 Å². The lowest BCUT2D eigenvalue weighted by atomic mass is 9.90. The monoisotopic (exact) mass is 832 g/mol. The molecule has 0 aliphatic carbocycles. The van der Waals surface area contributed by atoms with Crippen LogP contribution in [0.1, 0.15) is 38.9 Å². The van der Waals surface area contributed by atoms with Gasteiger partial charge >= 0.3 is 11.9 Å². The van der Waals surface area contributed by atoms with E-state index in [1.165, 1.54) is 16.8 Å². The Morgan fingerprint density at radius 1 is 0.800 bits per heavy atom. The quantitative estimate of drug-likeness (QED) is 0.0685. The summed E-state index contributed by atoms with van der Waals surface area (Å²) in [6, 6.07) is 20.1. The number of aromatic nitrogens is 3. The van der Waals surface area contributed by atoms with Gasteiger partial charge in [0.15, 0.2) is 0 Å². The molecule has 2 atom stereocenters. The SMILES string of the molecule is Cc1c(COc2cc(OCc3cncc(C#N)c3)c(CN[C@@H](CO)C(=O)O)cc2Cl)cccc1-c1cccc(-c2ccn3c(=O)c(CN[C@@H](CO)C(=O)O)cnc3c2)c1C. The lowest BCUT2D eigenvalue weighted by Gasteiger charge is -2.19. The van der Waals surface area contributed by atoms with Crippen LogP contribution in [0.15, 0.2) is 96.3 Å². The van der Waals surface area contributed by atoms with Gasteiger partial charge in [-0.1, -0.05) is 48.0 Å². The van der Waals surface area contributed by atoms with E-state index >= 15 is 0 Å². The summed E-state index contributed by atoms with van der Waals surface area (Å²) in [6.07, 6.45) is 6.05. The van der Waals surface area contributed by atoms with Gasteiger partial charge in [-0.2, -0.15) is 5.26 Å². The average molecular weight is 833 g/mol. The molecular formula is C44H41ClN6O9. The molecule has 0 amide bonds. The van der Waals surface area contributed by atoms with E-state index in [9.17, 15) is 40.1 Å². The molecule has 0 aliphatic rings. The summed E-state index contributed by atoms with van der Waals surface area (Å²) in [5, 5.41) is 52.5. The summed E-state index contributed by atoms with van der Waals surface area (Å²) in [5.41, 5.74) is 8.42. The van der Waals surface area contributed by atoms with Crippen molar-refractivity contribution >= 4 is 29.2 Å². The van der Waals surface area contributed by atoms with Gasteiger partial charge < -0.3 is 29.9 Å². The summed E-state index contributed by atoms with van der Waals surface area (Å²) in [4.78, 5) is 44.6. The van der Waals surface area contributed by atoms with Crippen LogP contribution in [0.4, 0.5) is 0 Å². The number of carbonyl (C=O) groups is 2. The Kier molecular flexibility index (Phi) is 13.9. The molecule has 60 heavy (non-hydrogen) atoms. The van der Waals surface area contributed by atoms with E-state index in [1.54, 1.807) is 30.6 Å². The van der Waals surface area contributed by atoms with Crippen LogP contribution in [-0.4, -0.2) is 72.0 Å². The number of nitriles is 1. The Bertz CT molecular complexity index is 2660. The van der Waals surface area contributed by atoms with Crippen LogP contribution in [0, 0.1) is 25.2 Å². The standard InChI is InChI=1S/C44H41ClN6O9/c1-25-30(24-60-40-14-39(59-23-28-11-27(15-46)16-47-17-28)31(12-36(40)45)18-48-37(21-52)43(55)56)5-3-7-34(25)35-8-4-6-33(26(35)2)29-9-10-51-41(13-29)50-20-32(42(51)54)19-49-38(22-53)44(57)58/h3-14,16-17,20,37-38,48-49,52-53H,18-19,21-24H2,1-2H3,(H,55,56)(H,57,58)/t37-,38-/m0/s1. The average Bonchev–Trinajstić information content (AvgIpc) is 3.24. The van der Waals surface area contributed by atoms with Gasteiger partial charge in [-0.05, 0) is 77.1 Å². The molecule has 6 rings (SSSR count). The largest absolute Gasteiger partial charge is 0.488 e. The Labute approximate surface area is 349 Å². The number of nitrogens with zero attached hydrogens (tertiary/aromatic N) is 4. The van der Waals surface area contributed by atoms with Gasteiger partial charge in [0.2, 0.25) is 0 Å². The second-order valence-electron chi connectivity index (χ2n) is 13.9. The van der Waals surface area contributed by atoms with Crippen LogP contribution < -0.4 is 25.7 Å². The molecule has 0 fully saturated rings. The van der Waals surface area contributed by atoms with Crippen molar-refractivity contribution in [3.05, 3.63) is 146 Å². The van der Waals surface area contributed by atoms with E-state index in [1.807, 2.05) is 68.4 Å². The van der Waals surface area contributed by atoms with Gasteiger partial charge in [-0.15, -0.1) is 0 Å². The highest BCUT2D eigenvalue weighted by molar-refractivity contribution is 6.32. The number of benzene rings is 3. The van der Waals surface area contributed by atoms with Crippen molar-refractivity contribution in [2.24, 2.45) is 0 Å². The Balaban J connectivity index is 1.24. The van der Waals surface area contributed by atoms with Gasteiger partial charge in [-0.3, -0.25) is 34.4 Å². The first kappa shape index (κ1) is 42.9. The van der Waals surface area contributed by atoms with Crippen LogP contribution in [0.25, 0.3) is 27.9 Å². The van der Waals surface area contributed by atoms with E-state index in [4.69, 9.17) is 21.1 Å². The summed E-state index contributed by atoms with van der Waals surface area (Å²) < 4.78 is 13.8. The molecule has 0 radical (unpaired) electrons. The Hall–Kier alpha value is -6.67. The van der Waals surface area contributed by atoms with Crippen LogP contribution >= 0.6 is 11.6 Å². The molecule has 0 saturated heterocycles. The number of hydrogen-bond donors (Lipinski definition) is 6. The highest BCUT2D eigenvalue weighted by atomic mass is 35.5. The second-order valence-corrected chi connectivity index (χ2v) is 14.3. The van der Waals surface area contributed by atoms with Crippen molar-refractivity contribution in [2.45, 2.75) is 52.2 Å². The number of aliphatic hydroxyl groups excluding tert-OH is 2. The minimum Gasteiger partial charge on any atom is -0.488 e.